The van der Waals surface area contributed by atoms with Gasteiger partial charge in [0.1, 0.15) is 11.4 Å². The molecular weight excluding hydrogens is 242 g/mol. The molecule has 0 atom stereocenters. The van der Waals surface area contributed by atoms with Crippen molar-refractivity contribution >= 4 is 6.09 Å². The fraction of sp³-hybridized carbons (Fsp3) is 0.714. The van der Waals surface area contributed by atoms with Gasteiger partial charge in [0.05, 0.1) is 5.92 Å². The summed E-state index contributed by atoms with van der Waals surface area (Å²) in [6, 6.07) is 0. The predicted octanol–water partition coefficient (Wildman–Crippen LogP) is 2.70. The molecular formula is C14H23N3O2. The highest BCUT2D eigenvalue weighted by atomic mass is 16.6. The van der Waals surface area contributed by atoms with Gasteiger partial charge >= 0.3 is 6.09 Å². The summed E-state index contributed by atoms with van der Waals surface area (Å²) in [5.41, 5.74) is 0.745. The van der Waals surface area contributed by atoms with Gasteiger partial charge < -0.3 is 14.6 Å². The fourth-order valence-electron chi connectivity index (χ4n) is 2.11. The SMILES string of the molecule is CCCc1cnc(C2CN(C(=O)OC(C)(C)C)C2)[nH]1. The summed E-state index contributed by atoms with van der Waals surface area (Å²) in [4.78, 5) is 21.2. The van der Waals surface area contributed by atoms with E-state index in [1.165, 1.54) is 5.69 Å². The van der Waals surface area contributed by atoms with E-state index < -0.39 is 5.60 Å². The quantitative estimate of drug-likeness (QED) is 0.914. The first-order chi connectivity index (χ1) is 8.89. The molecule has 5 heteroatoms. The summed E-state index contributed by atoms with van der Waals surface area (Å²) < 4.78 is 5.33. The number of carbonyl (C=O) groups is 1. The molecule has 1 aromatic heterocycles. The molecule has 1 aliphatic rings. The molecule has 1 aliphatic heterocycles. The molecule has 1 aromatic rings. The minimum atomic E-state index is -0.429. The Hall–Kier alpha value is -1.52. The number of likely N-dealkylation sites (tertiary alicyclic amines) is 1. The number of imidazole rings is 1. The summed E-state index contributed by atoms with van der Waals surface area (Å²) >= 11 is 0. The zero-order valence-corrected chi connectivity index (χ0v) is 12.2. The standard InChI is InChI=1S/C14H23N3O2/c1-5-6-11-7-15-12(16-11)10-8-17(9-10)13(18)19-14(2,3)4/h7,10H,5-6,8-9H2,1-4H3,(H,15,16). The first-order valence-electron chi connectivity index (χ1n) is 6.90. The molecule has 19 heavy (non-hydrogen) atoms. The van der Waals surface area contributed by atoms with Gasteiger partial charge in [-0.1, -0.05) is 13.3 Å². The maximum absolute atomic E-state index is 11.8. The third-order valence-corrected chi connectivity index (χ3v) is 3.09. The maximum atomic E-state index is 11.8. The number of hydrogen-bond donors (Lipinski definition) is 1. The fourth-order valence-corrected chi connectivity index (χ4v) is 2.11. The Balaban J connectivity index is 1.83. The van der Waals surface area contributed by atoms with Gasteiger partial charge in [-0.3, -0.25) is 0 Å². The van der Waals surface area contributed by atoms with Crippen LogP contribution in [-0.4, -0.2) is 39.7 Å². The molecule has 0 radical (unpaired) electrons. The monoisotopic (exact) mass is 265 g/mol. The van der Waals surface area contributed by atoms with Crippen molar-refractivity contribution < 1.29 is 9.53 Å². The van der Waals surface area contributed by atoms with E-state index in [-0.39, 0.29) is 6.09 Å². The van der Waals surface area contributed by atoms with Crippen molar-refractivity contribution in [3.63, 3.8) is 0 Å². The van der Waals surface area contributed by atoms with Gasteiger partial charge in [0.25, 0.3) is 0 Å². The van der Waals surface area contributed by atoms with Crippen molar-refractivity contribution in [2.45, 2.75) is 52.1 Å². The lowest BCUT2D eigenvalue weighted by Gasteiger charge is -2.38. The molecule has 1 amide bonds. The zero-order chi connectivity index (χ0) is 14.0. The van der Waals surface area contributed by atoms with Crippen LogP contribution in [0.1, 0.15) is 51.6 Å². The van der Waals surface area contributed by atoms with Crippen molar-refractivity contribution in [3.8, 4) is 0 Å². The van der Waals surface area contributed by atoms with Gasteiger partial charge in [-0.15, -0.1) is 0 Å². The third-order valence-electron chi connectivity index (χ3n) is 3.09. The van der Waals surface area contributed by atoms with Crippen LogP contribution in [0.5, 0.6) is 0 Å². The number of aromatic nitrogens is 2. The second kappa shape index (κ2) is 5.23. The highest BCUT2D eigenvalue weighted by Gasteiger charge is 2.35. The summed E-state index contributed by atoms with van der Waals surface area (Å²) in [7, 11) is 0. The van der Waals surface area contributed by atoms with E-state index in [2.05, 4.69) is 16.9 Å². The molecule has 2 heterocycles. The molecule has 0 aliphatic carbocycles. The minimum Gasteiger partial charge on any atom is -0.444 e. The summed E-state index contributed by atoms with van der Waals surface area (Å²) in [5, 5.41) is 0. The number of amides is 1. The van der Waals surface area contributed by atoms with E-state index in [1.54, 1.807) is 4.90 Å². The lowest BCUT2D eigenvalue weighted by atomic mass is 10.0. The number of rotatable bonds is 3. The topological polar surface area (TPSA) is 58.2 Å². The second-order valence-electron chi connectivity index (χ2n) is 6.13. The van der Waals surface area contributed by atoms with Gasteiger partial charge in [-0.05, 0) is 27.2 Å². The molecule has 106 valence electrons. The molecule has 1 saturated heterocycles. The molecule has 2 rings (SSSR count). The average molecular weight is 265 g/mol. The lowest BCUT2D eigenvalue weighted by Crippen LogP contribution is -2.50. The van der Waals surface area contributed by atoms with Crippen molar-refractivity contribution in [2.75, 3.05) is 13.1 Å². The molecule has 0 unspecified atom stereocenters. The minimum absolute atomic E-state index is 0.232. The Labute approximate surface area is 114 Å². The largest absolute Gasteiger partial charge is 0.444 e. The van der Waals surface area contributed by atoms with Crippen LogP contribution >= 0.6 is 0 Å². The summed E-state index contributed by atoms with van der Waals surface area (Å²) in [6.45, 7) is 9.17. The summed E-state index contributed by atoms with van der Waals surface area (Å²) in [6.07, 6.45) is 3.80. The van der Waals surface area contributed by atoms with E-state index in [0.29, 0.717) is 19.0 Å². The zero-order valence-electron chi connectivity index (χ0n) is 12.2. The molecule has 0 bridgehead atoms. The van der Waals surface area contributed by atoms with Crippen LogP contribution in [0.4, 0.5) is 4.79 Å². The Morgan fingerprint density at radius 1 is 1.53 bits per heavy atom. The summed E-state index contributed by atoms with van der Waals surface area (Å²) in [5.74, 6) is 1.31. The van der Waals surface area contributed by atoms with Crippen molar-refractivity contribution in [2.24, 2.45) is 0 Å². The van der Waals surface area contributed by atoms with Crippen LogP contribution in [0.25, 0.3) is 0 Å². The Morgan fingerprint density at radius 3 is 2.79 bits per heavy atom. The molecule has 0 saturated carbocycles. The van der Waals surface area contributed by atoms with E-state index >= 15 is 0 Å². The first kappa shape index (κ1) is 13.9. The molecule has 0 spiro atoms. The van der Waals surface area contributed by atoms with Gasteiger partial charge in [0.2, 0.25) is 0 Å². The van der Waals surface area contributed by atoms with Crippen molar-refractivity contribution in [1.29, 1.82) is 0 Å². The predicted molar refractivity (Wildman–Crippen MR) is 73.1 cm³/mol. The Morgan fingerprint density at radius 2 is 2.21 bits per heavy atom. The second-order valence-corrected chi connectivity index (χ2v) is 6.13. The van der Waals surface area contributed by atoms with Gasteiger partial charge in [-0.2, -0.15) is 0 Å². The van der Waals surface area contributed by atoms with Gasteiger partial charge in [0, 0.05) is 25.0 Å². The van der Waals surface area contributed by atoms with Gasteiger partial charge in [0.15, 0.2) is 0 Å². The normalized spacial score (nSPS) is 16.3. The maximum Gasteiger partial charge on any atom is 0.410 e. The number of aromatic amines is 1. The third kappa shape index (κ3) is 3.49. The van der Waals surface area contributed by atoms with Crippen molar-refractivity contribution in [3.05, 3.63) is 17.7 Å². The number of nitrogens with zero attached hydrogens (tertiary/aromatic N) is 2. The molecule has 1 N–H and O–H groups in total. The van der Waals surface area contributed by atoms with Crippen LogP contribution in [0.3, 0.4) is 0 Å². The Bertz CT molecular complexity index is 442. The van der Waals surface area contributed by atoms with Crippen LogP contribution < -0.4 is 0 Å². The van der Waals surface area contributed by atoms with Crippen LogP contribution in [0.2, 0.25) is 0 Å². The number of hydrogen-bond acceptors (Lipinski definition) is 3. The molecule has 0 aromatic carbocycles. The average Bonchev–Trinajstić information content (AvgIpc) is 2.61. The number of aryl methyl sites for hydroxylation is 1. The highest BCUT2D eigenvalue weighted by Crippen LogP contribution is 2.26. The van der Waals surface area contributed by atoms with Crippen LogP contribution in [0.15, 0.2) is 6.20 Å². The van der Waals surface area contributed by atoms with E-state index in [1.807, 2.05) is 27.0 Å². The number of nitrogens with one attached hydrogen (secondary N) is 1. The molecule has 1 fully saturated rings. The first-order valence-corrected chi connectivity index (χ1v) is 6.90. The van der Waals surface area contributed by atoms with Crippen LogP contribution in [-0.2, 0) is 11.2 Å². The van der Waals surface area contributed by atoms with Gasteiger partial charge in [-0.25, -0.2) is 9.78 Å². The van der Waals surface area contributed by atoms with E-state index in [9.17, 15) is 4.79 Å². The van der Waals surface area contributed by atoms with E-state index in [4.69, 9.17) is 4.74 Å². The number of ether oxygens (including phenoxy) is 1. The smallest absolute Gasteiger partial charge is 0.410 e. The van der Waals surface area contributed by atoms with E-state index in [0.717, 1.165) is 18.7 Å². The van der Waals surface area contributed by atoms with Crippen LogP contribution in [0, 0.1) is 0 Å². The van der Waals surface area contributed by atoms with Crippen molar-refractivity contribution in [1.82, 2.24) is 14.9 Å². The highest BCUT2D eigenvalue weighted by molar-refractivity contribution is 5.69. The number of H-pyrrole nitrogens is 1. The number of carbonyl (C=O) groups excluding carboxylic acids is 1. The molecule has 5 nitrogen and oxygen atoms in total. The lowest BCUT2D eigenvalue weighted by molar-refractivity contribution is 0.00758. The Kier molecular flexibility index (Phi) is 3.83.